The summed E-state index contributed by atoms with van der Waals surface area (Å²) in [7, 11) is 0. The minimum Gasteiger partial charge on any atom is -0.480 e. The van der Waals surface area contributed by atoms with Gasteiger partial charge in [-0.15, -0.1) is 0 Å². The van der Waals surface area contributed by atoms with E-state index in [0.29, 0.717) is 12.6 Å². The van der Waals surface area contributed by atoms with Crippen LogP contribution in [0.25, 0.3) is 0 Å². The molecule has 114 valence electrons. The smallest absolute Gasteiger partial charge is 0.322 e. The number of hydrogen-bond acceptors (Lipinski definition) is 4. The normalized spacial score (nSPS) is 24.2. The monoisotopic (exact) mass is 292 g/mol. The van der Waals surface area contributed by atoms with Gasteiger partial charge < -0.3 is 10.4 Å². The summed E-state index contributed by atoms with van der Waals surface area (Å²) in [6, 6.07) is 1.71. The van der Waals surface area contributed by atoms with E-state index in [9.17, 15) is 14.7 Å². The summed E-state index contributed by atoms with van der Waals surface area (Å²) in [6.07, 6.45) is 6.77. The van der Waals surface area contributed by atoms with E-state index in [-0.39, 0.29) is 19.0 Å². The van der Waals surface area contributed by atoms with Gasteiger partial charge in [0, 0.05) is 19.3 Å². The molecule has 0 spiro atoms. The maximum atomic E-state index is 11.5. The number of nitrogens with zero attached hydrogens (tertiary/aromatic N) is 3. The predicted octanol–water partition coefficient (Wildman–Crippen LogP) is 0.383. The average molecular weight is 292 g/mol. The summed E-state index contributed by atoms with van der Waals surface area (Å²) in [5, 5.41) is 16.4. The van der Waals surface area contributed by atoms with Gasteiger partial charge in [-0.2, -0.15) is 5.10 Å². The third-order valence-corrected chi connectivity index (χ3v) is 4.29. The summed E-state index contributed by atoms with van der Waals surface area (Å²) < 4.78 is 1.99. The van der Waals surface area contributed by atoms with E-state index in [1.54, 1.807) is 4.90 Å². The van der Waals surface area contributed by atoms with E-state index in [0.717, 1.165) is 18.5 Å². The van der Waals surface area contributed by atoms with Crippen LogP contribution in [0, 0.1) is 0 Å². The van der Waals surface area contributed by atoms with E-state index in [4.69, 9.17) is 0 Å². The SMILES string of the molecule is O=C1CN(Cc2ccn(C3CCCC3)n2)C(C(=O)O)CN1. The summed E-state index contributed by atoms with van der Waals surface area (Å²) in [5.74, 6) is -1.05. The molecule has 1 aliphatic carbocycles. The largest absolute Gasteiger partial charge is 0.480 e. The molecule has 0 radical (unpaired) electrons. The molecule has 1 saturated carbocycles. The number of carboxylic acids is 1. The number of carboxylic acid groups (broad SMARTS) is 1. The van der Waals surface area contributed by atoms with Gasteiger partial charge in [0.05, 0.1) is 18.3 Å². The highest BCUT2D eigenvalue weighted by molar-refractivity contribution is 5.83. The zero-order chi connectivity index (χ0) is 14.8. The second-order valence-electron chi connectivity index (χ2n) is 5.79. The van der Waals surface area contributed by atoms with E-state index < -0.39 is 12.0 Å². The summed E-state index contributed by atoms with van der Waals surface area (Å²) in [6.45, 7) is 0.648. The lowest BCUT2D eigenvalue weighted by Crippen LogP contribution is -2.57. The second-order valence-corrected chi connectivity index (χ2v) is 5.79. The topological polar surface area (TPSA) is 87.5 Å². The van der Waals surface area contributed by atoms with Crippen LogP contribution in [-0.4, -0.2) is 50.8 Å². The molecule has 1 aliphatic heterocycles. The van der Waals surface area contributed by atoms with Crippen molar-refractivity contribution in [3.8, 4) is 0 Å². The Kier molecular flexibility index (Phi) is 3.92. The molecule has 2 fully saturated rings. The van der Waals surface area contributed by atoms with Crippen LogP contribution >= 0.6 is 0 Å². The van der Waals surface area contributed by atoms with Gasteiger partial charge in [-0.05, 0) is 18.9 Å². The molecule has 0 aromatic carbocycles. The van der Waals surface area contributed by atoms with Gasteiger partial charge in [0.1, 0.15) is 6.04 Å². The minimum absolute atomic E-state index is 0.104. The lowest BCUT2D eigenvalue weighted by atomic mass is 10.2. The first kappa shape index (κ1) is 14.1. The van der Waals surface area contributed by atoms with Gasteiger partial charge in [-0.3, -0.25) is 19.2 Å². The molecule has 1 atom stereocenters. The van der Waals surface area contributed by atoms with Crippen molar-refractivity contribution in [1.29, 1.82) is 0 Å². The maximum Gasteiger partial charge on any atom is 0.322 e. The van der Waals surface area contributed by atoms with Crippen LogP contribution in [0.15, 0.2) is 12.3 Å². The van der Waals surface area contributed by atoms with Crippen molar-refractivity contribution in [1.82, 2.24) is 20.0 Å². The van der Waals surface area contributed by atoms with Gasteiger partial charge >= 0.3 is 5.97 Å². The molecule has 7 nitrogen and oxygen atoms in total. The fourth-order valence-electron chi connectivity index (χ4n) is 3.14. The van der Waals surface area contributed by atoms with Crippen molar-refractivity contribution >= 4 is 11.9 Å². The fourth-order valence-corrected chi connectivity index (χ4v) is 3.14. The fraction of sp³-hybridized carbons (Fsp3) is 0.643. The molecule has 1 aromatic heterocycles. The van der Waals surface area contributed by atoms with Gasteiger partial charge in [-0.1, -0.05) is 12.8 Å². The van der Waals surface area contributed by atoms with Gasteiger partial charge in [0.25, 0.3) is 0 Å². The highest BCUT2D eigenvalue weighted by Crippen LogP contribution is 2.28. The number of piperazine rings is 1. The Morgan fingerprint density at radius 1 is 1.43 bits per heavy atom. The summed E-state index contributed by atoms with van der Waals surface area (Å²) >= 11 is 0. The van der Waals surface area contributed by atoms with Crippen LogP contribution in [0.2, 0.25) is 0 Å². The van der Waals surface area contributed by atoms with Crippen LogP contribution in [0.5, 0.6) is 0 Å². The Morgan fingerprint density at radius 3 is 2.90 bits per heavy atom. The molecule has 0 bridgehead atoms. The molecule has 3 rings (SSSR count). The Balaban J connectivity index is 1.69. The summed E-state index contributed by atoms with van der Waals surface area (Å²) in [4.78, 5) is 24.4. The first-order valence-electron chi connectivity index (χ1n) is 7.41. The van der Waals surface area contributed by atoms with Crippen LogP contribution in [-0.2, 0) is 16.1 Å². The van der Waals surface area contributed by atoms with Crippen LogP contribution in [0.1, 0.15) is 37.4 Å². The van der Waals surface area contributed by atoms with E-state index in [2.05, 4.69) is 10.4 Å². The number of amides is 1. The minimum atomic E-state index is -0.912. The predicted molar refractivity (Wildman–Crippen MR) is 74.6 cm³/mol. The molecular weight excluding hydrogens is 272 g/mol. The lowest BCUT2D eigenvalue weighted by Gasteiger charge is -2.31. The zero-order valence-corrected chi connectivity index (χ0v) is 11.9. The van der Waals surface area contributed by atoms with E-state index in [1.807, 2.05) is 16.9 Å². The van der Waals surface area contributed by atoms with Gasteiger partial charge in [0.2, 0.25) is 5.91 Å². The number of aromatic nitrogens is 2. The number of carbonyl (C=O) groups is 2. The molecule has 1 aromatic rings. The third kappa shape index (κ3) is 3.07. The number of nitrogens with one attached hydrogen (secondary N) is 1. The summed E-state index contributed by atoms with van der Waals surface area (Å²) in [5.41, 5.74) is 0.822. The van der Waals surface area contributed by atoms with Crippen LogP contribution in [0.3, 0.4) is 0 Å². The van der Waals surface area contributed by atoms with Crippen molar-refractivity contribution in [2.75, 3.05) is 13.1 Å². The Hall–Kier alpha value is -1.89. The first-order chi connectivity index (χ1) is 10.1. The Labute approximate surface area is 122 Å². The standard InChI is InChI=1S/C14H20N4O3/c19-13-9-17(12(7-15-13)14(20)21)8-10-5-6-18(16-10)11-3-1-2-4-11/h5-6,11-12H,1-4,7-9H2,(H,15,19)(H,20,21). The molecule has 2 N–H and O–H groups in total. The van der Waals surface area contributed by atoms with Crippen LogP contribution < -0.4 is 5.32 Å². The number of carbonyl (C=O) groups excluding carboxylic acids is 1. The number of rotatable bonds is 4. The highest BCUT2D eigenvalue weighted by atomic mass is 16.4. The van der Waals surface area contributed by atoms with Crippen molar-refractivity contribution in [3.05, 3.63) is 18.0 Å². The third-order valence-electron chi connectivity index (χ3n) is 4.29. The molecule has 1 saturated heterocycles. The Morgan fingerprint density at radius 2 is 2.19 bits per heavy atom. The highest BCUT2D eigenvalue weighted by Gasteiger charge is 2.32. The molecule has 1 unspecified atom stereocenters. The Bertz CT molecular complexity index is 536. The molecule has 7 heteroatoms. The first-order valence-corrected chi connectivity index (χ1v) is 7.41. The number of aliphatic carboxylic acids is 1. The van der Waals surface area contributed by atoms with Crippen molar-refractivity contribution < 1.29 is 14.7 Å². The van der Waals surface area contributed by atoms with E-state index >= 15 is 0 Å². The zero-order valence-electron chi connectivity index (χ0n) is 11.9. The molecule has 1 amide bonds. The molecular formula is C14H20N4O3. The maximum absolute atomic E-state index is 11.5. The van der Waals surface area contributed by atoms with E-state index in [1.165, 1.54) is 12.8 Å². The quantitative estimate of drug-likeness (QED) is 0.838. The van der Waals surface area contributed by atoms with Gasteiger partial charge in [0.15, 0.2) is 0 Å². The average Bonchev–Trinajstić information content (AvgIpc) is 3.08. The van der Waals surface area contributed by atoms with Crippen LogP contribution in [0.4, 0.5) is 0 Å². The van der Waals surface area contributed by atoms with Crippen molar-refractivity contribution in [3.63, 3.8) is 0 Å². The number of hydrogen-bond donors (Lipinski definition) is 2. The van der Waals surface area contributed by atoms with Crippen molar-refractivity contribution in [2.45, 2.75) is 44.3 Å². The molecule has 21 heavy (non-hydrogen) atoms. The second kappa shape index (κ2) is 5.85. The molecule has 2 heterocycles. The molecule has 2 aliphatic rings. The van der Waals surface area contributed by atoms with Crippen molar-refractivity contribution in [2.24, 2.45) is 0 Å². The lowest BCUT2D eigenvalue weighted by molar-refractivity contribution is -0.146. The van der Waals surface area contributed by atoms with Gasteiger partial charge in [-0.25, -0.2) is 0 Å².